The van der Waals surface area contributed by atoms with E-state index < -0.39 is 0 Å². The largest absolute Gasteiger partial charge is 0.363 e. The third kappa shape index (κ3) is 2.84. The number of pyridine rings is 1. The van der Waals surface area contributed by atoms with E-state index in [4.69, 9.17) is 16.9 Å². The van der Waals surface area contributed by atoms with Gasteiger partial charge in [0.1, 0.15) is 17.7 Å². The molecule has 3 nitrogen and oxygen atoms in total. The first-order valence-corrected chi connectivity index (χ1v) is 7.16. The summed E-state index contributed by atoms with van der Waals surface area (Å²) in [7, 11) is 0. The van der Waals surface area contributed by atoms with Crippen LogP contribution in [0.4, 0.5) is 10.2 Å². The Balaban J connectivity index is 1.90. The van der Waals surface area contributed by atoms with Crippen molar-refractivity contribution in [3.8, 4) is 6.07 Å². The van der Waals surface area contributed by atoms with Gasteiger partial charge in [-0.1, -0.05) is 17.7 Å². The standard InChI is InChI=1S/C16H13ClFN3/c17-13-6-7-16(21-15(13)9-19)20-14-3-1-2-10-4-5-11(18)8-12(10)14/h4-8,14H,1-3H2,(H,20,21). The van der Waals surface area contributed by atoms with Crippen molar-refractivity contribution in [2.45, 2.75) is 25.3 Å². The molecule has 1 unspecified atom stereocenters. The number of nitrogens with one attached hydrogen (secondary N) is 1. The van der Waals surface area contributed by atoms with E-state index >= 15 is 0 Å². The normalized spacial score (nSPS) is 16.9. The molecule has 1 atom stereocenters. The fourth-order valence-corrected chi connectivity index (χ4v) is 2.85. The topological polar surface area (TPSA) is 48.7 Å². The number of hydrogen-bond donors (Lipinski definition) is 1. The molecule has 0 fully saturated rings. The first-order chi connectivity index (χ1) is 10.2. The molecule has 0 spiro atoms. The van der Waals surface area contributed by atoms with Crippen LogP contribution in [0.2, 0.25) is 5.02 Å². The number of aromatic nitrogens is 1. The van der Waals surface area contributed by atoms with Gasteiger partial charge < -0.3 is 5.32 Å². The molecular weight excluding hydrogens is 289 g/mol. The number of fused-ring (bicyclic) bond motifs is 1. The van der Waals surface area contributed by atoms with Crippen LogP contribution in [0.15, 0.2) is 30.3 Å². The van der Waals surface area contributed by atoms with E-state index in [2.05, 4.69) is 10.3 Å². The quantitative estimate of drug-likeness (QED) is 0.902. The van der Waals surface area contributed by atoms with E-state index in [0.29, 0.717) is 10.8 Å². The smallest absolute Gasteiger partial charge is 0.161 e. The SMILES string of the molecule is N#Cc1nc(NC2CCCc3ccc(F)cc32)ccc1Cl. The maximum atomic E-state index is 13.5. The molecule has 5 heteroatoms. The van der Waals surface area contributed by atoms with Crippen LogP contribution < -0.4 is 5.32 Å². The summed E-state index contributed by atoms with van der Waals surface area (Å²) in [5.74, 6) is 0.349. The lowest BCUT2D eigenvalue weighted by Crippen LogP contribution is -2.18. The van der Waals surface area contributed by atoms with Gasteiger partial charge in [0.15, 0.2) is 5.69 Å². The Hall–Kier alpha value is -2.12. The van der Waals surface area contributed by atoms with Gasteiger partial charge in [0.05, 0.1) is 11.1 Å². The van der Waals surface area contributed by atoms with Gasteiger partial charge in [-0.3, -0.25) is 0 Å². The molecule has 1 aliphatic rings. The molecule has 0 bridgehead atoms. The van der Waals surface area contributed by atoms with Crippen LogP contribution in [0.3, 0.4) is 0 Å². The second-order valence-corrected chi connectivity index (χ2v) is 5.48. The van der Waals surface area contributed by atoms with E-state index in [1.807, 2.05) is 12.1 Å². The molecule has 0 aliphatic heterocycles. The molecule has 3 rings (SSSR count). The van der Waals surface area contributed by atoms with Crippen molar-refractivity contribution in [1.29, 1.82) is 5.26 Å². The third-order valence-electron chi connectivity index (χ3n) is 3.70. The molecule has 1 aromatic carbocycles. The van der Waals surface area contributed by atoms with Crippen LogP contribution in [0.25, 0.3) is 0 Å². The van der Waals surface area contributed by atoms with Gasteiger partial charge in [0, 0.05) is 0 Å². The average molecular weight is 302 g/mol. The molecule has 1 aliphatic carbocycles. The Morgan fingerprint density at radius 3 is 3.00 bits per heavy atom. The van der Waals surface area contributed by atoms with E-state index in [-0.39, 0.29) is 17.6 Å². The van der Waals surface area contributed by atoms with Crippen molar-refractivity contribution < 1.29 is 4.39 Å². The monoisotopic (exact) mass is 301 g/mol. The summed E-state index contributed by atoms with van der Waals surface area (Å²) in [6.45, 7) is 0. The highest BCUT2D eigenvalue weighted by atomic mass is 35.5. The number of benzene rings is 1. The summed E-state index contributed by atoms with van der Waals surface area (Å²) in [4.78, 5) is 4.18. The number of hydrogen-bond acceptors (Lipinski definition) is 3. The summed E-state index contributed by atoms with van der Waals surface area (Å²) in [6, 6.07) is 10.3. The molecule has 0 saturated carbocycles. The summed E-state index contributed by atoms with van der Waals surface area (Å²) in [5.41, 5.74) is 2.32. The molecule has 0 radical (unpaired) electrons. The summed E-state index contributed by atoms with van der Waals surface area (Å²) in [6.07, 6.45) is 2.91. The predicted octanol–water partition coefficient (Wildman–Crippen LogP) is 4.24. The minimum atomic E-state index is -0.232. The van der Waals surface area contributed by atoms with Crippen molar-refractivity contribution in [3.63, 3.8) is 0 Å². The first-order valence-electron chi connectivity index (χ1n) is 6.79. The Morgan fingerprint density at radius 2 is 2.19 bits per heavy atom. The minimum Gasteiger partial charge on any atom is -0.363 e. The minimum absolute atomic E-state index is 0.00432. The van der Waals surface area contributed by atoms with Gasteiger partial charge >= 0.3 is 0 Å². The van der Waals surface area contributed by atoms with E-state index in [9.17, 15) is 4.39 Å². The zero-order chi connectivity index (χ0) is 14.8. The van der Waals surface area contributed by atoms with Crippen LogP contribution in [0, 0.1) is 17.1 Å². The Kier molecular flexibility index (Phi) is 3.76. The highest BCUT2D eigenvalue weighted by Crippen LogP contribution is 2.33. The van der Waals surface area contributed by atoms with Crippen molar-refractivity contribution in [1.82, 2.24) is 4.98 Å². The molecule has 0 saturated heterocycles. The van der Waals surface area contributed by atoms with Crippen molar-refractivity contribution >= 4 is 17.4 Å². The second-order valence-electron chi connectivity index (χ2n) is 5.07. The van der Waals surface area contributed by atoms with Gasteiger partial charge in [-0.05, 0) is 54.7 Å². The summed E-state index contributed by atoms with van der Waals surface area (Å²) in [5, 5.41) is 12.6. The fourth-order valence-electron chi connectivity index (χ4n) is 2.70. The number of aryl methyl sites for hydroxylation is 1. The predicted molar refractivity (Wildman–Crippen MR) is 79.7 cm³/mol. The average Bonchev–Trinajstić information content (AvgIpc) is 2.50. The fraction of sp³-hybridized carbons (Fsp3) is 0.250. The van der Waals surface area contributed by atoms with Crippen LogP contribution in [-0.4, -0.2) is 4.98 Å². The van der Waals surface area contributed by atoms with Crippen molar-refractivity contribution in [2.75, 3.05) is 5.32 Å². The van der Waals surface area contributed by atoms with Gasteiger partial charge in [-0.15, -0.1) is 0 Å². The maximum absolute atomic E-state index is 13.5. The Labute approximate surface area is 127 Å². The Bertz CT molecular complexity index is 724. The lowest BCUT2D eigenvalue weighted by Gasteiger charge is -2.27. The van der Waals surface area contributed by atoms with E-state index in [1.165, 1.54) is 6.07 Å². The first kappa shape index (κ1) is 13.8. The van der Waals surface area contributed by atoms with Crippen molar-refractivity contribution in [2.24, 2.45) is 0 Å². The van der Waals surface area contributed by atoms with Gasteiger partial charge in [0.25, 0.3) is 0 Å². The van der Waals surface area contributed by atoms with Crippen molar-refractivity contribution in [3.05, 3.63) is 58.0 Å². The lowest BCUT2D eigenvalue weighted by atomic mass is 9.87. The molecule has 1 N–H and O–H groups in total. The zero-order valence-corrected chi connectivity index (χ0v) is 12.0. The van der Waals surface area contributed by atoms with Crippen LogP contribution >= 0.6 is 11.6 Å². The Morgan fingerprint density at radius 1 is 1.33 bits per heavy atom. The number of nitrogens with zero attached hydrogens (tertiary/aromatic N) is 2. The highest BCUT2D eigenvalue weighted by molar-refractivity contribution is 6.31. The number of nitriles is 1. The maximum Gasteiger partial charge on any atom is 0.161 e. The highest BCUT2D eigenvalue weighted by Gasteiger charge is 2.21. The molecule has 21 heavy (non-hydrogen) atoms. The van der Waals surface area contributed by atoms with Crippen LogP contribution in [0.1, 0.15) is 35.7 Å². The third-order valence-corrected chi connectivity index (χ3v) is 4.00. The van der Waals surface area contributed by atoms with Gasteiger partial charge in [-0.2, -0.15) is 5.26 Å². The number of rotatable bonds is 2. The summed E-state index contributed by atoms with van der Waals surface area (Å²) < 4.78 is 13.5. The molecule has 2 aromatic rings. The summed E-state index contributed by atoms with van der Waals surface area (Å²) >= 11 is 5.88. The lowest BCUT2D eigenvalue weighted by molar-refractivity contribution is 0.579. The molecular formula is C16H13ClFN3. The van der Waals surface area contributed by atoms with Crippen LogP contribution in [0.5, 0.6) is 0 Å². The van der Waals surface area contributed by atoms with Crippen LogP contribution in [-0.2, 0) is 6.42 Å². The van der Waals surface area contributed by atoms with Gasteiger partial charge in [-0.25, -0.2) is 9.37 Å². The van der Waals surface area contributed by atoms with E-state index in [1.54, 1.807) is 18.2 Å². The molecule has 106 valence electrons. The van der Waals surface area contributed by atoms with E-state index in [0.717, 1.165) is 30.4 Å². The van der Waals surface area contributed by atoms with Gasteiger partial charge in [0.2, 0.25) is 0 Å². The molecule has 1 aromatic heterocycles. The number of halogens is 2. The molecule has 0 amide bonds. The molecule has 1 heterocycles. The second kappa shape index (κ2) is 5.71. The number of anilines is 1. The zero-order valence-electron chi connectivity index (χ0n) is 11.2.